The maximum absolute atomic E-state index is 12.2. The summed E-state index contributed by atoms with van der Waals surface area (Å²) in [6.07, 6.45) is 5.61. The van der Waals surface area contributed by atoms with Gasteiger partial charge in [-0.2, -0.15) is 0 Å². The molecule has 19 heavy (non-hydrogen) atoms. The minimum Gasteiger partial charge on any atom is -0.353 e. The Morgan fingerprint density at radius 1 is 1.16 bits per heavy atom. The molecule has 5 heteroatoms. The first kappa shape index (κ1) is 14.3. The number of likely N-dealkylation sites (tertiary alicyclic amines) is 1. The van der Waals surface area contributed by atoms with E-state index in [0.29, 0.717) is 0 Å². The van der Waals surface area contributed by atoms with Gasteiger partial charge in [-0.05, 0) is 32.1 Å². The lowest BCUT2D eigenvalue weighted by molar-refractivity contribution is -0.130. The Morgan fingerprint density at radius 3 is 2.42 bits per heavy atom. The van der Waals surface area contributed by atoms with E-state index >= 15 is 0 Å². The molecule has 2 amide bonds. The first-order chi connectivity index (χ1) is 9.06. The molecule has 2 rings (SSSR count). The number of hydrogen-bond acceptors (Lipinski definition) is 3. The summed E-state index contributed by atoms with van der Waals surface area (Å²) < 4.78 is 0. The van der Waals surface area contributed by atoms with Crippen LogP contribution in [0.15, 0.2) is 0 Å². The van der Waals surface area contributed by atoms with Crippen molar-refractivity contribution in [2.45, 2.75) is 57.5 Å². The van der Waals surface area contributed by atoms with Gasteiger partial charge < -0.3 is 16.0 Å². The summed E-state index contributed by atoms with van der Waals surface area (Å²) in [6.45, 7) is 3.11. The molecular weight excluding hydrogens is 242 g/mol. The SMILES string of the molecule is CC(=O)N1CCC(NC(=O)C2CCCC(N)C2)CC1. The number of amides is 2. The van der Waals surface area contributed by atoms with Crippen LogP contribution in [0.2, 0.25) is 0 Å². The van der Waals surface area contributed by atoms with E-state index < -0.39 is 0 Å². The third-order valence-electron chi connectivity index (χ3n) is 4.37. The molecule has 2 atom stereocenters. The Morgan fingerprint density at radius 2 is 1.84 bits per heavy atom. The van der Waals surface area contributed by atoms with E-state index in [1.807, 2.05) is 4.90 Å². The zero-order chi connectivity index (χ0) is 13.8. The topological polar surface area (TPSA) is 75.4 Å². The molecule has 1 aliphatic carbocycles. The van der Waals surface area contributed by atoms with Crippen LogP contribution in [0.3, 0.4) is 0 Å². The summed E-state index contributed by atoms with van der Waals surface area (Å²) in [5.74, 6) is 0.383. The molecule has 1 saturated heterocycles. The highest BCUT2D eigenvalue weighted by Gasteiger charge is 2.28. The van der Waals surface area contributed by atoms with Gasteiger partial charge in [-0.25, -0.2) is 0 Å². The maximum Gasteiger partial charge on any atom is 0.223 e. The summed E-state index contributed by atoms with van der Waals surface area (Å²) >= 11 is 0. The summed E-state index contributed by atoms with van der Waals surface area (Å²) in [6, 6.07) is 0.408. The van der Waals surface area contributed by atoms with Crippen LogP contribution in [0.4, 0.5) is 0 Å². The van der Waals surface area contributed by atoms with Gasteiger partial charge in [0.15, 0.2) is 0 Å². The predicted molar refractivity (Wildman–Crippen MR) is 73.4 cm³/mol. The van der Waals surface area contributed by atoms with E-state index in [4.69, 9.17) is 5.73 Å². The molecular formula is C14H25N3O2. The van der Waals surface area contributed by atoms with Crippen LogP contribution < -0.4 is 11.1 Å². The lowest BCUT2D eigenvalue weighted by Crippen LogP contribution is -2.48. The van der Waals surface area contributed by atoms with Gasteiger partial charge in [0.05, 0.1) is 0 Å². The molecule has 5 nitrogen and oxygen atoms in total. The van der Waals surface area contributed by atoms with Crippen molar-refractivity contribution < 1.29 is 9.59 Å². The summed E-state index contributed by atoms with van der Waals surface area (Å²) in [4.78, 5) is 25.3. The largest absolute Gasteiger partial charge is 0.353 e. The number of nitrogens with two attached hydrogens (primary N) is 1. The van der Waals surface area contributed by atoms with Crippen LogP contribution in [0.1, 0.15) is 45.4 Å². The monoisotopic (exact) mass is 267 g/mol. The van der Waals surface area contributed by atoms with Crippen molar-refractivity contribution in [3.63, 3.8) is 0 Å². The quantitative estimate of drug-likeness (QED) is 0.770. The Labute approximate surface area is 114 Å². The van der Waals surface area contributed by atoms with Crippen LogP contribution in [0.25, 0.3) is 0 Å². The van der Waals surface area contributed by atoms with Gasteiger partial charge in [-0.1, -0.05) is 6.42 Å². The first-order valence-electron chi connectivity index (χ1n) is 7.37. The zero-order valence-corrected chi connectivity index (χ0v) is 11.7. The number of nitrogens with zero attached hydrogens (tertiary/aromatic N) is 1. The van der Waals surface area contributed by atoms with E-state index in [-0.39, 0.29) is 29.8 Å². The van der Waals surface area contributed by atoms with E-state index in [1.165, 1.54) is 0 Å². The van der Waals surface area contributed by atoms with Gasteiger partial charge in [0.25, 0.3) is 0 Å². The number of nitrogens with one attached hydrogen (secondary N) is 1. The number of hydrogen-bond donors (Lipinski definition) is 2. The molecule has 0 aromatic carbocycles. The second-order valence-corrected chi connectivity index (χ2v) is 5.91. The molecule has 0 radical (unpaired) electrons. The van der Waals surface area contributed by atoms with Crippen molar-refractivity contribution in [2.75, 3.05) is 13.1 Å². The van der Waals surface area contributed by atoms with Gasteiger partial charge >= 0.3 is 0 Å². The lowest BCUT2D eigenvalue weighted by atomic mass is 9.85. The van der Waals surface area contributed by atoms with Crippen molar-refractivity contribution in [2.24, 2.45) is 11.7 Å². The molecule has 2 aliphatic rings. The number of carbonyl (C=O) groups excluding carboxylic acids is 2. The van der Waals surface area contributed by atoms with Crippen LogP contribution >= 0.6 is 0 Å². The third kappa shape index (κ3) is 3.93. The van der Waals surface area contributed by atoms with E-state index in [1.54, 1.807) is 6.92 Å². The van der Waals surface area contributed by atoms with Crippen molar-refractivity contribution in [3.8, 4) is 0 Å². The minimum atomic E-state index is 0.0922. The van der Waals surface area contributed by atoms with Gasteiger partial charge in [-0.15, -0.1) is 0 Å². The van der Waals surface area contributed by atoms with E-state index in [2.05, 4.69) is 5.32 Å². The first-order valence-corrected chi connectivity index (χ1v) is 7.37. The molecule has 1 heterocycles. The molecule has 1 saturated carbocycles. The maximum atomic E-state index is 12.2. The molecule has 0 bridgehead atoms. The number of rotatable bonds is 2. The molecule has 0 spiro atoms. The summed E-state index contributed by atoms with van der Waals surface area (Å²) in [5.41, 5.74) is 5.92. The Hall–Kier alpha value is -1.10. The number of piperidine rings is 1. The Kier molecular flexibility index (Phi) is 4.80. The Bertz CT molecular complexity index is 338. The fourth-order valence-corrected chi connectivity index (χ4v) is 3.12. The highest BCUT2D eigenvalue weighted by Crippen LogP contribution is 2.23. The Balaban J connectivity index is 1.75. The molecule has 2 unspecified atom stereocenters. The van der Waals surface area contributed by atoms with Gasteiger partial charge in [0.1, 0.15) is 0 Å². The molecule has 1 aliphatic heterocycles. The average Bonchev–Trinajstić information content (AvgIpc) is 2.39. The summed E-state index contributed by atoms with van der Waals surface area (Å²) in [7, 11) is 0. The van der Waals surface area contributed by atoms with Crippen LogP contribution in [-0.2, 0) is 9.59 Å². The van der Waals surface area contributed by atoms with Gasteiger partial charge in [0, 0.05) is 38.0 Å². The van der Waals surface area contributed by atoms with E-state index in [0.717, 1.165) is 51.6 Å². The predicted octanol–water partition coefficient (Wildman–Crippen LogP) is 0.631. The second-order valence-electron chi connectivity index (χ2n) is 5.91. The highest BCUT2D eigenvalue weighted by molar-refractivity contribution is 5.79. The molecule has 108 valence electrons. The lowest BCUT2D eigenvalue weighted by Gasteiger charge is -2.33. The van der Waals surface area contributed by atoms with Crippen LogP contribution in [-0.4, -0.2) is 41.9 Å². The third-order valence-corrected chi connectivity index (χ3v) is 4.37. The molecule has 0 aromatic heterocycles. The van der Waals surface area contributed by atoms with Crippen molar-refractivity contribution in [1.29, 1.82) is 0 Å². The average molecular weight is 267 g/mol. The molecule has 3 N–H and O–H groups in total. The summed E-state index contributed by atoms with van der Waals surface area (Å²) in [5, 5.41) is 3.14. The minimum absolute atomic E-state index is 0.0922. The van der Waals surface area contributed by atoms with Gasteiger partial charge in [-0.3, -0.25) is 9.59 Å². The van der Waals surface area contributed by atoms with Gasteiger partial charge in [0.2, 0.25) is 11.8 Å². The molecule has 0 aromatic rings. The normalized spacial score (nSPS) is 29.1. The fraction of sp³-hybridized carbons (Fsp3) is 0.857. The fourth-order valence-electron chi connectivity index (χ4n) is 3.12. The van der Waals surface area contributed by atoms with Crippen LogP contribution in [0, 0.1) is 5.92 Å². The zero-order valence-electron chi connectivity index (χ0n) is 11.7. The highest BCUT2D eigenvalue weighted by atomic mass is 16.2. The van der Waals surface area contributed by atoms with E-state index in [9.17, 15) is 9.59 Å². The van der Waals surface area contributed by atoms with Crippen molar-refractivity contribution in [3.05, 3.63) is 0 Å². The standard InChI is InChI=1S/C14H25N3O2/c1-10(18)17-7-5-13(6-8-17)16-14(19)11-3-2-4-12(15)9-11/h11-13H,2-9,15H2,1H3,(H,16,19). The van der Waals surface area contributed by atoms with Crippen molar-refractivity contribution in [1.82, 2.24) is 10.2 Å². The second kappa shape index (κ2) is 6.37. The smallest absolute Gasteiger partial charge is 0.223 e. The molecule has 2 fully saturated rings. The van der Waals surface area contributed by atoms with Crippen LogP contribution in [0.5, 0.6) is 0 Å². The number of carbonyl (C=O) groups is 2. The van der Waals surface area contributed by atoms with Crippen molar-refractivity contribution >= 4 is 11.8 Å².